The summed E-state index contributed by atoms with van der Waals surface area (Å²) in [4.78, 5) is 12.1. The van der Waals surface area contributed by atoms with Gasteiger partial charge in [-0.25, -0.2) is 5.84 Å². The number of nitrogens with one attached hydrogen (secondary N) is 2. The first kappa shape index (κ1) is 14.6. The van der Waals surface area contributed by atoms with Crippen LogP contribution in [0.3, 0.4) is 0 Å². The lowest BCUT2D eigenvalue weighted by atomic mass is 10.2. The normalized spacial score (nSPS) is 9.90. The molecule has 0 aliphatic carbocycles. The van der Waals surface area contributed by atoms with Crippen LogP contribution in [0.2, 0.25) is 0 Å². The number of hydrazine groups is 1. The number of ether oxygens (including phenoxy) is 3. The molecule has 21 heavy (non-hydrogen) atoms. The third-order valence-corrected chi connectivity index (χ3v) is 2.58. The number of nitrogens with two attached hydrogens (primary N) is 1. The van der Waals surface area contributed by atoms with E-state index in [9.17, 15) is 0 Å². The fraction of sp³-hybridized carbons (Fsp3) is 0.250. The molecule has 4 N–H and O–H groups in total. The molecule has 0 unspecified atom stereocenters. The second-order valence-electron chi connectivity index (χ2n) is 3.80. The minimum absolute atomic E-state index is 0.132. The Morgan fingerprint density at radius 2 is 1.71 bits per heavy atom. The Morgan fingerprint density at radius 3 is 2.33 bits per heavy atom. The van der Waals surface area contributed by atoms with E-state index in [4.69, 9.17) is 20.1 Å². The predicted octanol–water partition coefficient (Wildman–Crippen LogP) is 0.927. The summed E-state index contributed by atoms with van der Waals surface area (Å²) < 4.78 is 15.4. The SMILES string of the molecule is COc1ccc(Nc2nc(NN)nc(OC)n2)c(OC)c1. The molecular formula is C12H16N6O3. The van der Waals surface area contributed by atoms with Crippen LogP contribution in [0.4, 0.5) is 17.6 Å². The second-order valence-corrected chi connectivity index (χ2v) is 3.80. The monoisotopic (exact) mass is 292 g/mol. The molecule has 0 bridgehead atoms. The molecule has 9 heteroatoms. The van der Waals surface area contributed by atoms with E-state index in [0.717, 1.165) is 0 Å². The van der Waals surface area contributed by atoms with E-state index in [-0.39, 0.29) is 17.9 Å². The van der Waals surface area contributed by atoms with Gasteiger partial charge in [0.2, 0.25) is 11.9 Å². The first-order chi connectivity index (χ1) is 10.2. The fourth-order valence-electron chi connectivity index (χ4n) is 1.59. The number of nitrogen functional groups attached to an aromatic ring is 1. The van der Waals surface area contributed by atoms with Gasteiger partial charge in [-0.15, -0.1) is 0 Å². The molecule has 1 aromatic heterocycles. The molecule has 0 saturated carbocycles. The lowest BCUT2D eigenvalue weighted by molar-refractivity contribution is 0.379. The van der Waals surface area contributed by atoms with Gasteiger partial charge < -0.3 is 19.5 Å². The molecular weight excluding hydrogens is 276 g/mol. The maximum atomic E-state index is 5.30. The van der Waals surface area contributed by atoms with Crippen LogP contribution in [0.25, 0.3) is 0 Å². The van der Waals surface area contributed by atoms with Crippen LogP contribution in [-0.4, -0.2) is 36.3 Å². The van der Waals surface area contributed by atoms with E-state index in [0.29, 0.717) is 17.2 Å². The van der Waals surface area contributed by atoms with Crippen molar-refractivity contribution in [3.8, 4) is 17.5 Å². The van der Waals surface area contributed by atoms with Crippen LogP contribution in [0, 0.1) is 0 Å². The highest BCUT2D eigenvalue weighted by Gasteiger charge is 2.10. The predicted molar refractivity (Wildman–Crippen MR) is 77.0 cm³/mol. The maximum Gasteiger partial charge on any atom is 0.322 e. The van der Waals surface area contributed by atoms with Gasteiger partial charge in [0.25, 0.3) is 0 Å². The zero-order valence-electron chi connectivity index (χ0n) is 11.9. The molecule has 0 radical (unpaired) electrons. The molecule has 9 nitrogen and oxygen atoms in total. The lowest BCUT2D eigenvalue weighted by Gasteiger charge is -2.12. The number of rotatable bonds is 6. The Morgan fingerprint density at radius 1 is 0.952 bits per heavy atom. The van der Waals surface area contributed by atoms with Gasteiger partial charge in [-0.05, 0) is 12.1 Å². The van der Waals surface area contributed by atoms with Gasteiger partial charge in [0.15, 0.2) is 0 Å². The standard InChI is InChI=1S/C12H16N6O3/c1-19-7-4-5-8(9(6-7)20-2)14-10-15-11(18-13)17-12(16-10)21-3/h4-6H,13H2,1-3H3,(H2,14,15,16,17,18). The summed E-state index contributed by atoms with van der Waals surface area (Å²) in [5.41, 5.74) is 3.00. The summed E-state index contributed by atoms with van der Waals surface area (Å²) in [5.74, 6) is 7.00. The van der Waals surface area contributed by atoms with Crippen LogP contribution in [-0.2, 0) is 0 Å². The van der Waals surface area contributed by atoms with Gasteiger partial charge in [0.05, 0.1) is 27.0 Å². The van der Waals surface area contributed by atoms with Crippen LogP contribution < -0.4 is 30.8 Å². The minimum atomic E-state index is 0.132. The fourth-order valence-corrected chi connectivity index (χ4v) is 1.59. The highest BCUT2D eigenvalue weighted by molar-refractivity contribution is 5.64. The molecule has 0 saturated heterocycles. The average molecular weight is 292 g/mol. The minimum Gasteiger partial charge on any atom is -0.497 e. The number of methoxy groups -OCH3 is 3. The van der Waals surface area contributed by atoms with Crippen molar-refractivity contribution in [3.63, 3.8) is 0 Å². The summed E-state index contributed by atoms with van der Waals surface area (Å²) in [7, 11) is 4.59. The van der Waals surface area contributed by atoms with Gasteiger partial charge in [0, 0.05) is 6.07 Å². The summed E-state index contributed by atoms with van der Waals surface area (Å²) in [5, 5.41) is 3.01. The number of nitrogens with zero attached hydrogens (tertiary/aromatic N) is 3. The first-order valence-electron chi connectivity index (χ1n) is 5.96. The Kier molecular flexibility index (Phi) is 4.57. The molecule has 1 heterocycles. The molecule has 0 aliphatic rings. The van der Waals surface area contributed by atoms with Crippen molar-refractivity contribution in [1.29, 1.82) is 0 Å². The highest BCUT2D eigenvalue weighted by Crippen LogP contribution is 2.30. The van der Waals surface area contributed by atoms with E-state index in [1.54, 1.807) is 32.4 Å². The highest BCUT2D eigenvalue weighted by atomic mass is 16.5. The number of aromatic nitrogens is 3. The van der Waals surface area contributed by atoms with Gasteiger partial charge in [-0.3, -0.25) is 5.43 Å². The Balaban J connectivity index is 2.33. The van der Waals surface area contributed by atoms with Crippen molar-refractivity contribution in [1.82, 2.24) is 15.0 Å². The van der Waals surface area contributed by atoms with Gasteiger partial charge in [-0.1, -0.05) is 0 Å². The first-order valence-corrected chi connectivity index (χ1v) is 5.96. The summed E-state index contributed by atoms with van der Waals surface area (Å²) in [6.07, 6.45) is 0. The quantitative estimate of drug-likeness (QED) is 0.528. The molecule has 1 aromatic carbocycles. The number of anilines is 3. The van der Waals surface area contributed by atoms with Gasteiger partial charge in [-0.2, -0.15) is 15.0 Å². The molecule has 112 valence electrons. The van der Waals surface area contributed by atoms with Crippen molar-refractivity contribution < 1.29 is 14.2 Å². The lowest BCUT2D eigenvalue weighted by Crippen LogP contribution is -2.13. The van der Waals surface area contributed by atoms with Crippen LogP contribution in [0.5, 0.6) is 17.5 Å². The van der Waals surface area contributed by atoms with E-state index < -0.39 is 0 Å². The third-order valence-electron chi connectivity index (χ3n) is 2.58. The van der Waals surface area contributed by atoms with Crippen molar-refractivity contribution in [2.45, 2.75) is 0 Å². The van der Waals surface area contributed by atoms with E-state index >= 15 is 0 Å². The molecule has 2 rings (SSSR count). The molecule has 0 aliphatic heterocycles. The molecule has 0 atom stereocenters. The topological polar surface area (TPSA) is 116 Å². The third kappa shape index (κ3) is 3.39. The van der Waals surface area contributed by atoms with E-state index in [1.807, 2.05) is 0 Å². The maximum absolute atomic E-state index is 5.30. The van der Waals surface area contributed by atoms with Crippen molar-refractivity contribution >= 4 is 17.6 Å². The largest absolute Gasteiger partial charge is 0.497 e. The summed E-state index contributed by atoms with van der Waals surface area (Å²) >= 11 is 0. The van der Waals surface area contributed by atoms with Crippen LogP contribution in [0.1, 0.15) is 0 Å². The molecule has 2 aromatic rings. The zero-order valence-corrected chi connectivity index (χ0v) is 11.9. The van der Waals surface area contributed by atoms with E-state index in [2.05, 4.69) is 25.7 Å². The van der Waals surface area contributed by atoms with E-state index in [1.165, 1.54) is 7.11 Å². The Hall–Kier alpha value is -2.81. The summed E-state index contributed by atoms with van der Waals surface area (Å²) in [6, 6.07) is 5.44. The second kappa shape index (κ2) is 6.57. The molecule has 0 amide bonds. The number of hydrogen-bond donors (Lipinski definition) is 3. The zero-order chi connectivity index (χ0) is 15.2. The van der Waals surface area contributed by atoms with Crippen LogP contribution in [0.15, 0.2) is 18.2 Å². The Labute approximate surface area is 121 Å². The average Bonchev–Trinajstić information content (AvgIpc) is 2.54. The molecule has 0 fully saturated rings. The van der Waals surface area contributed by atoms with Crippen molar-refractivity contribution in [3.05, 3.63) is 18.2 Å². The van der Waals surface area contributed by atoms with Crippen molar-refractivity contribution in [2.75, 3.05) is 32.1 Å². The number of hydrogen-bond acceptors (Lipinski definition) is 9. The van der Waals surface area contributed by atoms with Gasteiger partial charge in [0.1, 0.15) is 11.5 Å². The summed E-state index contributed by atoms with van der Waals surface area (Å²) in [6.45, 7) is 0. The van der Waals surface area contributed by atoms with Gasteiger partial charge >= 0.3 is 6.01 Å². The smallest absolute Gasteiger partial charge is 0.322 e. The number of benzene rings is 1. The van der Waals surface area contributed by atoms with Crippen LogP contribution >= 0.6 is 0 Å². The van der Waals surface area contributed by atoms with Crippen molar-refractivity contribution in [2.24, 2.45) is 5.84 Å². The Bertz CT molecular complexity index is 600. The molecule has 0 spiro atoms.